The van der Waals surface area contributed by atoms with E-state index in [1.165, 1.54) is 12.8 Å². The predicted octanol–water partition coefficient (Wildman–Crippen LogP) is 2.34. The van der Waals surface area contributed by atoms with E-state index in [1.54, 1.807) is 0 Å². The Morgan fingerprint density at radius 2 is 2.25 bits per heavy atom. The van der Waals surface area contributed by atoms with Gasteiger partial charge in [-0.15, -0.1) is 0 Å². The van der Waals surface area contributed by atoms with Crippen molar-refractivity contribution < 1.29 is 9.53 Å². The van der Waals surface area contributed by atoms with Crippen LogP contribution in [0.5, 0.6) is 0 Å². The first-order valence-corrected chi connectivity index (χ1v) is 4.48. The van der Waals surface area contributed by atoms with E-state index in [9.17, 15) is 4.79 Å². The van der Waals surface area contributed by atoms with Gasteiger partial charge in [0.05, 0.1) is 6.10 Å². The number of rotatable bonds is 7. The Labute approximate surface area is 74.6 Å². The maximum absolute atomic E-state index is 10.3. The van der Waals surface area contributed by atoms with Crippen molar-refractivity contribution >= 4 is 6.29 Å². The van der Waals surface area contributed by atoms with Crippen LogP contribution in [0.15, 0.2) is 12.2 Å². The second-order valence-electron chi connectivity index (χ2n) is 2.91. The molecular formula is C10H18O2. The minimum absolute atomic E-state index is 0.126. The standard InChI is InChI=1S/C10H18O2/c1-4-5-6-7-12-10(3)9(2)8-11/h8,10H,2,4-7H2,1,3H3. The Hall–Kier alpha value is -0.630. The molecule has 1 atom stereocenters. The number of aldehydes is 1. The van der Waals surface area contributed by atoms with Gasteiger partial charge in [0, 0.05) is 12.2 Å². The summed E-state index contributed by atoms with van der Waals surface area (Å²) >= 11 is 0. The lowest BCUT2D eigenvalue weighted by Gasteiger charge is -2.10. The summed E-state index contributed by atoms with van der Waals surface area (Å²) in [5.74, 6) is 0. The predicted molar refractivity (Wildman–Crippen MR) is 50.1 cm³/mol. The van der Waals surface area contributed by atoms with Gasteiger partial charge in [-0.25, -0.2) is 0 Å². The number of carbonyl (C=O) groups excluding carboxylic acids is 1. The minimum Gasteiger partial charge on any atom is -0.374 e. The molecule has 0 amide bonds. The summed E-state index contributed by atoms with van der Waals surface area (Å²) in [4.78, 5) is 10.3. The highest BCUT2D eigenvalue weighted by molar-refractivity contribution is 5.73. The topological polar surface area (TPSA) is 26.3 Å². The summed E-state index contributed by atoms with van der Waals surface area (Å²) in [6, 6.07) is 0. The molecule has 0 aromatic carbocycles. The van der Waals surface area contributed by atoms with E-state index in [0.717, 1.165) is 19.3 Å². The molecule has 0 bridgehead atoms. The highest BCUT2D eigenvalue weighted by atomic mass is 16.5. The molecule has 70 valence electrons. The molecule has 2 nitrogen and oxygen atoms in total. The van der Waals surface area contributed by atoms with Crippen LogP contribution in [0.3, 0.4) is 0 Å². The fourth-order valence-electron chi connectivity index (χ4n) is 0.815. The van der Waals surface area contributed by atoms with E-state index in [1.807, 2.05) is 6.92 Å². The lowest BCUT2D eigenvalue weighted by atomic mass is 10.2. The highest BCUT2D eigenvalue weighted by Crippen LogP contribution is 2.03. The molecule has 0 spiro atoms. The molecule has 0 N–H and O–H groups in total. The number of hydrogen-bond acceptors (Lipinski definition) is 2. The van der Waals surface area contributed by atoms with E-state index in [2.05, 4.69) is 13.5 Å². The van der Waals surface area contributed by atoms with Gasteiger partial charge in [0.1, 0.15) is 6.29 Å². The Kier molecular flexibility index (Phi) is 6.67. The third-order valence-electron chi connectivity index (χ3n) is 1.79. The third kappa shape index (κ3) is 5.08. The summed E-state index contributed by atoms with van der Waals surface area (Å²) in [6.45, 7) is 8.30. The average Bonchev–Trinajstić information content (AvgIpc) is 2.10. The monoisotopic (exact) mass is 170 g/mol. The van der Waals surface area contributed by atoms with Crippen LogP contribution in [0, 0.1) is 0 Å². The van der Waals surface area contributed by atoms with Crippen molar-refractivity contribution in [3.63, 3.8) is 0 Å². The van der Waals surface area contributed by atoms with Crippen LogP contribution in [-0.4, -0.2) is 19.0 Å². The van der Waals surface area contributed by atoms with Crippen molar-refractivity contribution in [2.24, 2.45) is 0 Å². The van der Waals surface area contributed by atoms with Gasteiger partial charge in [-0.1, -0.05) is 26.3 Å². The maximum atomic E-state index is 10.3. The fourth-order valence-corrected chi connectivity index (χ4v) is 0.815. The third-order valence-corrected chi connectivity index (χ3v) is 1.79. The normalized spacial score (nSPS) is 12.5. The first-order chi connectivity index (χ1) is 5.72. The summed E-state index contributed by atoms with van der Waals surface area (Å²) in [5.41, 5.74) is 0.520. The number of unbranched alkanes of at least 4 members (excludes halogenated alkanes) is 2. The maximum Gasteiger partial charge on any atom is 0.148 e. The summed E-state index contributed by atoms with van der Waals surface area (Å²) in [5, 5.41) is 0. The molecule has 2 heteroatoms. The van der Waals surface area contributed by atoms with Gasteiger partial charge in [-0.05, 0) is 13.3 Å². The van der Waals surface area contributed by atoms with Gasteiger partial charge in [-0.3, -0.25) is 4.79 Å². The fraction of sp³-hybridized carbons (Fsp3) is 0.700. The van der Waals surface area contributed by atoms with Gasteiger partial charge in [0.2, 0.25) is 0 Å². The minimum atomic E-state index is -0.126. The Balaban J connectivity index is 3.37. The summed E-state index contributed by atoms with van der Waals surface area (Å²) in [7, 11) is 0. The molecule has 0 heterocycles. The van der Waals surface area contributed by atoms with E-state index < -0.39 is 0 Å². The zero-order valence-corrected chi connectivity index (χ0v) is 8.01. The molecule has 0 fully saturated rings. The molecule has 1 unspecified atom stereocenters. The molecule has 0 aromatic heterocycles. The molecule has 0 radical (unpaired) electrons. The zero-order valence-electron chi connectivity index (χ0n) is 8.01. The first-order valence-electron chi connectivity index (χ1n) is 4.48. The Morgan fingerprint density at radius 1 is 1.58 bits per heavy atom. The highest BCUT2D eigenvalue weighted by Gasteiger charge is 2.04. The van der Waals surface area contributed by atoms with Crippen LogP contribution in [0.4, 0.5) is 0 Å². The molecule has 0 aliphatic heterocycles. The van der Waals surface area contributed by atoms with Crippen molar-refractivity contribution in [3.8, 4) is 0 Å². The van der Waals surface area contributed by atoms with Crippen molar-refractivity contribution in [2.75, 3.05) is 6.61 Å². The summed E-state index contributed by atoms with van der Waals surface area (Å²) in [6.07, 6.45) is 4.06. The van der Waals surface area contributed by atoms with Crippen LogP contribution in [-0.2, 0) is 9.53 Å². The molecule has 0 rings (SSSR count). The number of hydrogen-bond donors (Lipinski definition) is 0. The van der Waals surface area contributed by atoms with Gasteiger partial charge >= 0.3 is 0 Å². The molecule has 12 heavy (non-hydrogen) atoms. The average molecular weight is 170 g/mol. The van der Waals surface area contributed by atoms with Crippen molar-refractivity contribution in [1.82, 2.24) is 0 Å². The van der Waals surface area contributed by atoms with Gasteiger partial charge < -0.3 is 4.74 Å². The second kappa shape index (κ2) is 7.04. The van der Waals surface area contributed by atoms with Gasteiger partial charge in [-0.2, -0.15) is 0 Å². The lowest BCUT2D eigenvalue weighted by molar-refractivity contribution is -0.106. The second-order valence-corrected chi connectivity index (χ2v) is 2.91. The van der Waals surface area contributed by atoms with E-state index in [4.69, 9.17) is 4.74 Å². The van der Waals surface area contributed by atoms with Crippen LogP contribution < -0.4 is 0 Å². The molecular weight excluding hydrogens is 152 g/mol. The van der Waals surface area contributed by atoms with Gasteiger partial charge in [0.25, 0.3) is 0 Å². The van der Waals surface area contributed by atoms with Crippen LogP contribution in [0.1, 0.15) is 33.1 Å². The molecule has 0 saturated heterocycles. The van der Waals surface area contributed by atoms with Crippen molar-refractivity contribution in [2.45, 2.75) is 39.2 Å². The van der Waals surface area contributed by atoms with Gasteiger partial charge in [0.15, 0.2) is 0 Å². The molecule has 0 saturated carbocycles. The molecule has 0 aliphatic rings. The quantitative estimate of drug-likeness (QED) is 0.333. The SMILES string of the molecule is C=C(C=O)C(C)OCCCCC. The van der Waals surface area contributed by atoms with E-state index >= 15 is 0 Å². The number of ether oxygens (including phenoxy) is 1. The van der Waals surface area contributed by atoms with Crippen LogP contribution in [0.25, 0.3) is 0 Å². The largest absolute Gasteiger partial charge is 0.374 e. The smallest absolute Gasteiger partial charge is 0.148 e. The van der Waals surface area contributed by atoms with Crippen molar-refractivity contribution in [3.05, 3.63) is 12.2 Å². The lowest BCUT2D eigenvalue weighted by Crippen LogP contribution is -2.12. The molecule has 0 aliphatic carbocycles. The zero-order chi connectivity index (χ0) is 9.40. The Morgan fingerprint density at radius 3 is 2.75 bits per heavy atom. The number of carbonyl (C=O) groups is 1. The summed E-state index contributed by atoms with van der Waals surface area (Å²) < 4.78 is 5.37. The molecule has 0 aromatic rings. The Bertz CT molecular complexity index is 141. The van der Waals surface area contributed by atoms with E-state index in [0.29, 0.717) is 5.57 Å². The first kappa shape index (κ1) is 11.4. The van der Waals surface area contributed by atoms with Crippen LogP contribution >= 0.6 is 0 Å². The van der Waals surface area contributed by atoms with Crippen molar-refractivity contribution in [1.29, 1.82) is 0 Å². The van der Waals surface area contributed by atoms with Crippen LogP contribution in [0.2, 0.25) is 0 Å². The van der Waals surface area contributed by atoms with E-state index in [-0.39, 0.29) is 6.10 Å².